The van der Waals surface area contributed by atoms with Crippen molar-refractivity contribution in [1.82, 2.24) is 10.2 Å². The van der Waals surface area contributed by atoms with Crippen molar-refractivity contribution in [2.45, 2.75) is 24.8 Å². The molecule has 2 aliphatic heterocycles. The molecule has 3 amide bonds. The van der Waals surface area contributed by atoms with Gasteiger partial charge in [0.1, 0.15) is 5.54 Å². The summed E-state index contributed by atoms with van der Waals surface area (Å²) in [6, 6.07) is 11.8. The first-order valence-corrected chi connectivity index (χ1v) is 11.9. The number of carbonyl (C=O) groups excluding carboxylic acids is 3. The summed E-state index contributed by atoms with van der Waals surface area (Å²) >= 11 is 0. The molecule has 0 aromatic heterocycles. The molecular weight excluding hydrogens is 418 g/mol. The molecule has 1 fully saturated rings. The second-order valence-corrected chi connectivity index (χ2v) is 10.1. The Morgan fingerprint density at radius 1 is 1.10 bits per heavy atom. The van der Waals surface area contributed by atoms with Crippen LogP contribution < -0.4 is 9.62 Å². The third-order valence-corrected chi connectivity index (χ3v) is 7.56. The number of ketones is 1. The number of nitrogens with one attached hydrogen (secondary N) is 1. The summed E-state index contributed by atoms with van der Waals surface area (Å²) in [6.07, 6.45) is 2.82. The third kappa shape index (κ3) is 2.95. The van der Waals surface area contributed by atoms with E-state index in [1.165, 1.54) is 4.31 Å². The number of carbonyl (C=O) groups is 3. The first kappa shape index (κ1) is 19.7. The van der Waals surface area contributed by atoms with E-state index in [0.717, 1.165) is 27.8 Å². The Morgan fingerprint density at radius 3 is 2.65 bits per heavy atom. The van der Waals surface area contributed by atoms with Crippen LogP contribution in [0.4, 0.5) is 10.5 Å². The molecule has 1 aliphatic carbocycles. The van der Waals surface area contributed by atoms with Gasteiger partial charge in [0.2, 0.25) is 10.0 Å². The summed E-state index contributed by atoms with van der Waals surface area (Å²) in [5, 5.41) is 2.82. The van der Waals surface area contributed by atoms with E-state index < -0.39 is 27.5 Å². The molecule has 3 aliphatic rings. The van der Waals surface area contributed by atoms with Gasteiger partial charge in [0.05, 0.1) is 18.5 Å². The van der Waals surface area contributed by atoms with Gasteiger partial charge >= 0.3 is 6.03 Å². The maximum absolute atomic E-state index is 13.2. The molecular formula is C22H21N3O5S. The van der Waals surface area contributed by atoms with Crippen LogP contribution in [0.15, 0.2) is 42.5 Å². The summed E-state index contributed by atoms with van der Waals surface area (Å²) < 4.78 is 25.1. The number of anilines is 1. The van der Waals surface area contributed by atoms with E-state index in [2.05, 4.69) is 5.32 Å². The van der Waals surface area contributed by atoms with Crippen LogP contribution in [0.2, 0.25) is 0 Å². The van der Waals surface area contributed by atoms with Crippen LogP contribution in [0.1, 0.15) is 33.5 Å². The maximum Gasteiger partial charge on any atom is 0.325 e. The number of hydrogen-bond acceptors (Lipinski definition) is 5. The number of Topliss-reactive ketones (excluding diaryl/α,β-unsaturated/α-hetero) is 1. The van der Waals surface area contributed by atoms with Gasteiger partial charge in [0.15, 0.2) is 5.78 Å². The smallest absolute Gasteiger partial charge is 0.319 e. The fourth-order valence-corrected chi connectivity index (χ4v) is 5.82. The van der Waals surface area contributed by atoms with Crippen molar-refractivity contribution in [2.24, 2.45) is 0 Å². The lowest BCUT2D eigenvalue weighted by molar-refractivity contribution is -0.131. The second kappa shape index (κ2) is 6.65. The summed E-state index contributed by atoms with van der Waals surface area (Å²) in [4.78, 5) is 39.8. The van der Waals surface area contributed by atoms with E-state index in [-0.39, 0.29) is 12.3 Å². The van der Waals surface area contributed by atoms with E-state index in [1.54, 1.807) is 18.2 Å². The number of fused-ring (bicyclic) bond motifs is 3. The number of urea groups is 1. The number of aryl methyl sites for hydroxylation is 1. The number of rotatable bonds is 4. The molecule has 0 saturated carbocycles. The maximum atomic E-state index is 13.2. The Balaban J connectivity index is 1.39. The van der Waals surface area contributed by atoms with Crippen LogP contribution in [-0.2, 0) is 33.2 Å². The lowest BCUT2D eigenvalue weighted by Gasteiger charge is -2.22. The fraction of sp³-hybridized carbons (Fsp3) is 0.318. The van der Waals surface area contributed by atoms with Crippen molar-refractivity contribution in [3.63, 3.8) is 0 Å². The predicted octanol–water partition coefficient (Wildman–Crippen LogP) is 1.58. The van der Waals surface area contributed by atoms with Crippen molar-refractivity contribution in [3.05, 3.63) is 64.7 Å². The molecule has 5 rings (SSSR count). The molecule has 9 heteroatoms. The third-order valence-electron chi connectivity index (χ3n) is 6.38. The SMILES string of the molecule is CS(=O)(=O)N1CCc2cc(C(=O)CN3C(=O)N[C@@]4(CCc5ccccc54)C3=O)ccc21. The first-order chi connectivity index (χ1) is 14.7. The van der Waals surface area contributed by atoms with Gasteiger partial charge in [-0.15, -0.1) is 0 Å². The van der Waals surface area contributed by atoms with Crippen molar-refractivity contribution in [2.75, 3.05) is 23.7 Å². The lowest BCUT2D eigenvalue weighted by atomic mass is 9.92. The molecule has 1 atom stereocenters. The number of sulfonamides is 1. The quantitative estimate of drug-likeness (QED) is 0.576. The number of nitrogens with zero attached hydrogens (tertiary/aromatic N) is 2. The van der Waals surface area contributed by atoms with Gasteiger partial charge in [0.25, 0.3) is 5.91 Å². The van der Waals surface area contributed by atoms with Crippen molar-refractivity contribution in [3.8, 4) is 0 Å². The van der Waals surface area contributed by atoms with E-state index in [9.17, 15) is 22.8 Å². The van der Waals surface area contributed by atoms with Crippen LogP contribution in [0.5, 0.6) is 0 Å². The highest BCUT2D eigenvalue weighted by Gasteiger charge is 2.55. The average molecular weight is 439 g/mol. The molecule has 8 nitrogen and oxygen atoms in total. The molecule has 0 unspecified atom stereocenters. The number of amides is 3. The Labute approximate surface area is 179 Å². The largest absolute Gasteiger partial charge is 0.325 e. The zero-order chi connectivity index (χ0) is 22.0. The van der Waals surface area contributed by atoms with Crippen LogP contribution >= 0.6 is 0 Å². The predicted molar refractivity (Wildman–Crippen MR) is 113 cm³/mol. The molecule has 1 saturated heterocycles. The normalized spacial score (nSPS) is 22.1. The zero-order valence-electron chi connectivity index (χ0n) is 16.9. The van der Waals surface area contributed by atoms with Gasteiger partial charge in [0, 0.05) is 12.1 Å². The Morgan fingerprint density at radius 2 is 1.87 bits per heavy atom. The monoisotopic (exact) mass is 439 g/mol. The molecule has 0 radical (unpaired) electrons. The Hall–Kier alpha value is -3.20. The minimum Gasteiger partial charge on any atom is -0.319 e. The van der Waals surface area contributed by atoms with Crippen LogP contribution in [0.3, 0.4) is 0 Å². The van der Waals surface area contributed by atoms with Crippen LogP contribution in [-0.4, -0.2) is 50.4 Å². The van der Waals surface area contributed by atoms with Gasteiger partial charge < -0.3 is 5.32 Å². The van der Waals surface area contributed by atoms with Crippen molar-refractivity contribution < 1.29 is 22.8 Å². The number of imide groups is 1. The van der Waals surface area contributed by atoms with Gasteiger partial charge in [-0.05, 0) is 54.2 Å². The second-order valence-electron chi connectivity index (χ2n) is 8.24. The molecule has 2 heterocycles. The minimum atomic E-state index is -3.38. The molecule has 1 N–H and O–H groups in total. The molecule has 160 valence electrons. The van der Waals surface area contributed by atoms with Crippen molar-refractivity contribution >= 4 is 33.4 Å². The van der Waals surface area contributed by atoms with Gasteiger partial charge in [-0.25, -0.2) is 13.2 Å². The van der Waals surface area contributed by atoms with E-state index in [1.807, 2.05) is 24.3 Å². The molecule has 1 spiro atoms. The highest BCUT2D eigenvalue weighted by atomic mass is 32.2. The summed E-state index contributed by atoms with van der Waals surface area (Å²) in [6.45, 7) is -0.0239. The number of hydrogen-bond donors (Lipinski definition) is 1. The average Bonchev–Trinajstić information content (AvgIpc) is 3.39. The molecule has 2 aromatic carbocycles. The van der Waals surface area contributed by atoms with E-state index in [0.29, 0.717) is 37.1 Å². The highest BCUT2D eigenvalue weighted by molar-refractivity contribution is 7.92. The van der Waals surface area contributed by atoms with E-state index >= 15 is 0 Å². The molecule has 2 aromatic rings. The van der Waals surface area contributed by atoms with Crippen molar-refractivity contribution in [1.29, 1.82) is 0 Å². The molecule has 0 bridgehead atoms. The molecule has 31 heavy (non-hydrogen) atoms. The van der Waals surface area contributed by atoms with E-state index in [4.69, 9.17) is 0 Å². The van der Waals surface area contributed by atoms with Crippen LogP contribution in [0.25, 0.3) is 0 Å². The Bertz CT molecular complexity index is 1260. The van der Waals surface area contributed by atoms with Gasteiger partial charge in [-0.3, -0.25) is 18.8 Å². The summed E-state index contributed by atoms with van der Waals surface area (Å²) in [5.74, 6) is -0.771. The fourth-order valence-electron chi connectivity index (χ4n) is 4.86. The van der Waals surface area contributed by atoms with Gasteiger partial charge in [-0.2, -0.15) is 0 Å². The lowest BCUT2D eigenvalue weighted by Crippen LogP contribution is -2.42. The highest BCUT2D eigenvalue weighted by Crippen LogP contribution is 2.41. The summed E-state index contributed by atoms with van der Waals surface area (Å²) in [7, 11) is -3.38. The standard InChI is InChI=1S/C22H21N3O5S/c1-31(29,30)25-11-9-15-12-16(6-7-18(15)25)19(26)13-24-20(27)22(23-21(24)28)10-8-14-4-2-3-5-17(14)22/h2-7,12H,8-11,13H2,1H3,(H,23,28)/t22-/m1/s1. The number of benzene rings is 2. The topological polar surface area (TPSA) is 104 Å². The van der Waals surface area contributed by atoms with Crippen LogP contribution in [0, 0.1) is 0 Å². The first-order valence-electron chi connectivity index (χ1n) is 10.1. The summed E-state index contributed by atoms with van der Waals surface area (Å²) in [5.41, 5.74) is 2.40. The Kier molecular flexibility index (Phi) is 4.23. The minimum absolute atomic E-state index is 0.334. The zero-order valence-corrected chi connectivity index (χ0v) is 17.7. The van der Waals surface area contributed by atoms with Gasteiger partial charge in [-0.1, -0.05) is 24.3 Å².